The van der Waals surface area contributed by atoms with Gasteiger partial charge in [0.1, 0.15) is 0 Å². The van der Waals surface area contributed by atoms with Crippen LogP contribution in [0.1, 0.15) is 40.5 Å². The van der Waals surface area contributed by atoms with Crippen molar-refractivity contribution < 1.29 is 8.42 Å². The van der Waals surface area contributed by atoms with Crippen molar-refractivity contribution in [3.8, 4) is 0 Å². The summed E-state index contributed by atoms with van der Waals surface area (Å²) in [6.45, 7) is 10.6. The maximum absolute atomic E-state index is 12.3. The maximum atomic E-state index is 12.3. The summed E-state index contributed by atoms with van der Waals surface area (Å²) >= 11 is 5.60. The van der Waals surface area contributed by atoms with Gasteiger partial charge in [0.05, 0.1) is 4.90 Å². The largest absolute Gasteiger partial charge is 0.349 e. The Morgan fingerprint density at radius 1 is 1.08 bits per heavy atom. The zero-order chi connectivity index (χ0) is 19.9. The number of thiocarbonyl (C=S) groups is 1. The van der Waals surface area contributed by atoms with Crippen LogP contribution >= 0.6 is 12.2 Å². The molecule has 0 aromatic heterocycles. The van der Waals surface area contributed by atoms with Crippen molar-refractivity contribution in [3.63, 3.8) is 0 Å². The van der Waals surface area contributed by atoms with Gasteiger partial charge in [-0.05, 0) is 55.1 Å². The van der Waals surface area contributed by atoms with E-state index in [1.165, 1.54) is 18.4 Å². The van der Waals surface area contributed by atoms with E-state index in [0.717, 1.165) is 25.9 Å². The Hall–Kier alpha value is -1.18. The first kappa shape index (κ1) is 22.9. The molecular weight excluding hydrogens is 366 g/mol. The molecule has 0 saturated carbocycles. The van der Waals surface area contributed by atoms with E-state index in [2.05, 4.69) is 37.9 Å². The summed E-state index contributed by atoms with van der Waals surface area (Å²) in [5.74, 6) is 1.21. The van der Waals surface area contributed by atoms with Crippen LogP contribution < -0.4 is 5.32 Å². The standard InChI is InChI=1S/C19H33N3O2S2/c1-15(2)10-12-22(13-11-16(3)4)19(25)20-17-8-7-9-18(14-17)26(23,24)21(5)6/h7-9,14-16H,10-13H2,1-6H3,(H,20,25). The minimum absolute atomic E-state index is 0.256. The normalized spacial score (nSPS) is 12.0. The summed E-state index contributed by atoms with van der Waals surface area (Å²) in [6.07, 6.45) is 2.13. The van der Waals surface area contributed by atoms with Crippen LogP contribution in [0.15, 0.2) is 29.2 Å². The smallest absolute Gasteiger partial charge is 0.242 e. The second-order valence-electron chi connectivity index (χ2n) is 7.60. The predicted molar refractivity (Wildman–Crippen MR) is 114 cm³/mol. The fourth-order valence-electron chi connectivity index (χ4n) is 2.29. The van der Waals surface area contributed by atoms with Crippen molar-refractivity contribution in [2.24, 2.45) is 11.8 Å². The van der Waals surface area contributed by atoms with Crippen molar-refractivity contribution in [3.05, 3.63) is 24.3 Å². The molecule has 0 amide bonds. The van der Waals surface area contributed by atoms with Crippen molar-refractivity contribution in [1.29, 1.82) is 0 Å². The summed E-state index contributed by atoms with van der Waals surface area (Å²) in [7, 11) is -0.407. The van der Waals surface area contributed by atoms with Crippen molar-refractivity contribution >= 4 is 33.0 Å². The third-order valence-corrected chi connectivity index (χ3v) is 6.28. The topological polar surface area (TPSA) is 52.7 Å². The number of rotatable bonds is 9. The highest BCUT2D eigenvalue weighted by atomic mass is 32.2. The Morgan fingerprint density at radius 3 is 2.08 bits per heavy atom. The lowest BCUT2D eigenvalue weighted by molar-refractivity contribution is 0.358. The fourth-order valence-corrected chi connectivity index (χ4v) is 3.54. The molecule has 0 unspecified atom stereocenters. The Morgan fingerprint density at radius 2 is 1.62 bits per heavy atom. The van der Waals surface area contributed by atoms with E-state index in [0.29, 0.717) is 22.6 Å². The van der Waals surface area contributed by atoms with Gasteiger partial charge in [0.25, 0.3) is 0 Å². The molecule has 0 spiro atoms. The monoisotopic (exact) mass is 399 g/mol. The number of nitrogens with one attached hydrogen (secondary N) is 1. The van der Waals surface area contributed by atoms with Crippen LogP contribution in [0.3, 0.4) is 0 Å². The van der Waals surface area contributed by atoms with Gasteiger partial charge in [-0.3, -0.25) is 0 Å². The summed E-state index contributed by atoms with van der Waals surface area (Å²) in [5, 5.41) is 3.86. The van der Waals surface area contributed by atoms with E-state index in [1.807, 2.05) is 6.07 Å². The molecule has 0 atom stereocenters. The molecule has 7 heteroatoms. The van der Waals surface area contributed by atoms with Gasteiger partial charge in [-0.2, -0.15) is 0 Å². The molecule has 0 aliphatic heterocycles. The first-order valence-corrected chi connectivity index (χ1v) is 11.0. The minimum Gasteiger partial charge on any atom is -0.349 e. The molecule has 0 aliphatic rings. The van der Waals surface area contributed by atoms with E-state index >= 15 is 0 Å². The number of sulfonamides is 1. The SMILES string of the molecule is CC(C)CCN(CCC(C)C)C(=S)Nc1cccc(S(=O)(=O)N(C)C)c1. The molecular formula is C19H33N3O2S2. The van der Waals surface area contributed by atoms with Crippen LogP contribution in [0.5, 0.6) is 0 Å². The van der Waals surface area contributed by atoms with E-state index in [9.17, 15) is 8.42 Å². The number of hydrogen-bond donors (Lipinski definition) is 1. The molecule has 0 heterocycles. The molecule has 1 rings (SSSR count). The number of nitrogens with zero attached hydrogens (tertiary/aromatic N) is 2. The zero-order valence-electron chi connectivity index (χ0n) is 16.8. The molecule has 26 heavy (non-hydrogen) atoms. The predicted octanol–water partition coefficient (Wildman–Crippen LogP) is 4.03. The van der Waals surface area contributed by atoms with Crippen LogP contribution in [0.25, 0.3) is 0 Å². The minimum atomic E-state index is -3.46. The first-order valence-electron chi connectivity index (χ1n) is 9.12. The maximum Gasteiger partial charge on any atom is 0.242 e. The van der Waals surface area contributed by atoms with E-state index in [1.54, 1.807) is 18.2 Å². The van der Waals surface area contributed by atoms with Crippen molar-refractivity contribution in [2.45, 2.75) is 45.4 Å². The van der Waals surface area contributed by atoms with Crippen LogP contribution in [0.4, 0.5) is 5.69 Å². The molecule has 0 saturated heterocycles. The number of anilines is 1. The second-order valence-corrected chi connectivity index (χ2v) is 10.1. The van der Waals surface area contributed by atoms with Gasteiger partial charge in [-0.25, -0.2) is 12.7 Å². The molecule has 0 aliphatic carbocycles. The van der Waals surface area contributed by atoms with Gasteiger partial charge in [-0.15, -0.1) is 0 Å². The molecule has 1 aromatic rings. The van der Waals surface area contributed by atoms with Crippen LogP contribution in [-0.2, 0) is 10.0 Å². The van der Waals surface area contributed by atoms with Crippen LogP contribution in [-0.4, -0.2) is 49.9 Å². The molecule has 0 bridgehead atoms. The molecule has 5 nitrogen and oxygen atoms in total. The van der Waals surface area contributed by atoms with E-state index in [4.69, 9.17) is 12.2 Å². The summed E-state index contributed by atoms with van der Waals surface area (Å²) in [5.41, 5.74) is 0.692. The van der Waals surface area contributed by atoms with E-state index < -0.39 is 10.0 Å². The highest BCUT2D eigenvalue weighted by molar-refractivity contribution is 7.89. The Kier molecular flexibility index (Phi) is 9.00. The highest BCUT2D eigenvalue weighted by Crippen LogP contribution is 2.19. The van der Waals surface area contributed by atoms with Crippen molar-refractivity contribution in [1.82, 2.24) is 9.21 Å². The molecule has 0 fully saturated rings. The lowest BCUT2D eigenvalue weighted by atomic mass is 10.1. The summed E-state index contributed by atoms with van der Waals surface area (Å²) in [4.78, 5) is 2.44. The zero-order valence-corrected chi connectivity index (χ0v) is 18.5. The lowest BCUT2D eigenvalue weighted by Gasteiger charge is -2.27. The average molecular weight is 400 g/mol. The van der Waals surface area contributed by atoms with Gasteiger partial charge >= 0.3 is 0 Å². The Labute approximate surface area is 164 Å². The van der Waals surface area contributed by atoms with Gasteiger partial charge < -0.3 is 10.2 Å². The Bertz CT molecular complexity index is 674. The number of hydrogen-bond acceptors (Lipinski definition) is 3. The highest BCUT2D eigenvalue weighted by Gasteiger charge is 2.18. The molecule has 1 N–H and O–H groups in total. The third kappa shape index (κ3) is 7.21. The van der Waals surface area contributed by atoms with E-state index in [-0.39, 0.29) is 4.90 Å². The molecule has 0 radical (unpaired) electrons. The third-order valence-electron chi connectivity index (χ3n) is 4.10. The first-order chi connectivity index (χ1) is 12.0. The molecule has 148 valence electrons. The van der Waals surface area contributed by atoms with Gasteiger partial charge in [-0.1, -0.05) is 33.8 Å². The summed E-state index contributed by atoms with van der Waals surface area (Å²) < 4.78 is 25.8. The average Bonchev–Trinajstić information content (AvgIpc) is 2.54. The van der Waals surface area contributed by atoms with Crippen LogP contribution in [0, 0.1) is 11.8 Å². The quantitative estimate of drug-likeness (QED) is 0.636. The molecule has 1 aromatic carbocycles. The van der Waals surface area contributed by atoms with Gasteiger partial charge in [0, 0.05) is 32.9 Å². The summed E-state index contributed by atoms with van der Waals surface area (Å²) in [6, 6.07) is 6.79. The fraction of sp³-hybridized carbons (Fsp3) is 0.632. The van der Waals surface area contributed by atoms with Gasteiger partial charge in [0.2, 0.25) is 10.0 Å². The lowest BCUT2D eigenvalue weighted by Crippen LogP contribution is -2.37. The second kappa shape index (κ2) is 10.2. The Balaban J connectivity index is 2.90. The van der Waals surface area contributed by atoms with Crippen molar-refractivity contribution in [2.75, 3.05) is 32.5 Å². The number of benzene rings is 1. The van der Waals surface area contributed by atoms with Crippen LogP contribution in [0.2, 0.25) is 0 Å². The van der Waals surface area contributed by atoms with Gasteiger partial charge in [0.15, 0.2) is 5.11 Å².